The lowest BCUT2D eigenvalue weighted by molar-refractivity contribution is 0.223. The first kappa shape index (κ1) is 17.5. The van der Waals surface area contributed by atoms with Gasteiger partial charge in [0, 0.05) is 11.3 Å². The normalized spacial score (nSPS) is 28.2. The number of hydrogen-bond donors (Lipinski definition) is 0. The second kappa shape index (κ2) is 8.11. The number of allylic oxidation sites excluding steroid dienone is 1. The van der Waals surface area contributed by atoms with E-state index in [4.69, 9.17) is 9.05 Å². The Balaban J connectivity index is 2.38. The van der Waals surface area contributed by atoms with E-state index in [1.54, 1.807) is 6.08 Å². The number of alkyl halides is 1. The lowest BCUT2D eigenvalue weighted by Crippen LogP contribution is -2.27. The number of halogens is 1. The average molecular weight is 342 g/mol. The van der Waals surface area contributed by atoms with Gasteiger partial charge < -0.3 is 9.05 Å². The minimum Gasteiger partial charge on any atom is -0.303 e. The van der Waals surface area contributed by atoms with Crippen molar-refractivity contribution in [1.82, 2.24) is 0 Å². The Morgan fingerprint density at radius 1 is 1.41 bits per heavy atom. The Morgan fingerprint density at radius 2 is 2.18 bits per heavy atom. The predicted molar refractivity (Wildman–Crippen MR) is 89.1 cm³/mol. The molecule has 6 heteroatoms. The van der Waals surface area contributed by atoms with Crippen LogP contribution in [0.5, 0.6) is 0 Å². The topological polar surface area (TPSA) is 35.5 Å². The summed E-state index contributed by atoms with van der Waals surface area (Å²) >= 11 is 1.37. The van der Waals surface area contributed by atoms with Crippen LogP contribution in [0.4, 0.5) is 4.39 Å². The molecule has 0 radical (unpaired) electrons. The van der Waals surface area contributed by atoms with Gasteiger partial charge >= 0.3 is 7.60 Å². The van der Waals surface area contributed by atoms with Crippen molar-refractivity contribution in [1.29, 1.82) is 0 Å². The highest BCUT2D eigenvalue weighted by molar-refractivity contribution is 8.06. The molecule has 22 heavy (non-hydrogen) atoms. The van der Waals surface area contributed by atoms with Crippen LogP contribution in [0.15, 0.2) is 60.0 Å². The first-order valence-corrected chi connectivity index (χ1v) is 9.47. The molecule has 1 aromatic rings. The van der Waals surface area contributed by atoms with E-state index in [2.05, 4.69) is 6.58 Å². The van der Waals surface area contributed by atoms with E-state index in [9.17, 15) is 8.96 Å². The van der Waals surface area contributed by atoms with Gasteiger partial charge in [0.05, 0.1) is 19.9 Å². The molecule has 1 aromatic carbocycles. The zero-order valence-corrected chi connectivity index (χ0v) is 14.0. The van der Waals surface area contributed by atoms with E-state index in [0.29, 0.717) is 6.42 Å². The van der Waals surface area contributed by atoms with Gasteiger partial charge in [0.25, 0.3) is 0 Å². The van der Waals surface area contributed by atoms with E-state index in [0.717, 1.165) is 4.90 Å². The second-order valence-electron chi connectivity index (χ2n) is 4.85. The zero-order valence-electron chi connectivity index (χ0n) is 12.3. The summed E-state index contributed by atoms with van der Waals surface area (Å²) in [5.41, 5.74) is 0. The van der Waals surface area contributed by atoms with Crippen LogP contribution in [0.1, 0.15) is 12.8 Å². The molecule has 1 aliphatic rings. The Hall–Kier alpha value is -0.870. The minimum atomic E-state index is -3.51. The van der Waals surface area contributed by atoms with Crippen molar-refractivity contribution in [3.8, 4) is 0 Å². The van der Waals surface area contributed by atoms with Crippen LogP contribution in [-0.4, -0.2) is 24.4 Å². The average Bonchev–Trinajstić information content (AvgIpc) is 2.67. The highest BCUT2D eigenvalue weighted by Gasteiger charge is 2.51. The summed E-state index contributed by atoms with van der Waals surface area (Å²) in [6, 6.07) is 9.53. The largest absolute Gasteiger partial charge is 0.347 e. The summed E-state index contributed by atoms with van der Waals surface area (Å²) in [4.78, 5) is 0.914. The summed E-state index contributed by atoms with van der Waals surface area (Å²) in [5.74, 6) is 0. The zero-order chi connectivity index (χ0) is 15.9. The summed E-state index contributed by atoms with van der Waals surface area (Å²) in [6.45, 7) is 3.31. The van der Waals surface area contributed by atoms with Crippen molar-refractivity contribution in [2.45, 2.75) is 22.2 Å². The van der Waals surface area contributed by atoms with Gasteiger partial charge in [-0.3, -0.25) is 8.96 Å². The third-order valence-electron chi connectivity index (χ3n) is 3.34. The van der Waals surface area contributed by atoms with Crippen molar-refractivity contribution < 1.29 is 18.0 Å². The number of hydrogen-bond acceptors (Lipinski definition) is 4. The Morgan fingerprint density at radius 3 is 2.86 bits per heavy atom. The molecule has 0 N–H and O–H groups in total. The van der Waals surface area contributed by atoms with Gasteiger partial charge in [-0.25, -0.2) is 0 Å². The van der Waals surface area contributed by atoms with E-state index in [1.807, 2.05) is 36.4 Å². The number of benzene rings is 1. The Kier molecular flexibility index (Phi) is 6.45. The molecule has 3 nitrogen and oxygen atoms in total. The van der Waals surface area contributed by atoms with E-state index >= 15 is 0 Å². The molecule has 1 aliphatic heterocycles. The van der Waals surface area contributed by atoms with Crippen molar-refractivity contribution >= 4 is 19.4 Å². The van der Waals surface area contributed by atoms with E-state index in [-0.39, 0.29) is 19.6 Å². The number of rotatable bonds is 7. The lowest BCUT2D eigenvalue weighted by atomic mass is 10.2. The highest BCUT2D eigenvalue weighted by Crippen LogP contribution is 2.69. The maximum Gasteiger partial charge on any atom is 0.347 e. The van der Waals surface area contributed by atoms with Crippen molar-refractivity contribution in [3.05, 3.63) is 55.1 Å². The summed E-state index contributed by atoms with van der Waals surface area (Å²) in [6.07, 6.45) is 5.75. The van der Waals surface area contributed by atoms with Crippen LogP contribution >= 0.6 is 19.4 Å². The van der Waals surface area contributed by atoms with Crippen LogP contribution in [0.25, 0.3) is 0 Å². The molecule has 0 aromatic heterocycles. The quantitative estimate of drug-likeness (QED) is 0.503. The standard InChI is InChI=1S/C16H20FO3PS/c1-2-13-19-21(18)16(11-12-17,10-6-7-14-20-21)22-15-8-4-3-5-9-15/h2-9H,1,10-14H2. The van der Waals surface area contributed by atoms with Crippen molar-refractivity contribution in [2.75, 3.05) is 19.9 Å². The van der Waals surface area contributed by atoms with Gasteiger partial charge in [0.2, 0.25) is 0 Å². The van der Waals surface area contributed by atoms with Crippen molar-refractivity contribution in [2.24, 2.45) is 0 Å². The molecule has 0 fully saturated rings. The second-order valence-corrected chi connectivity index (χ2v) is 8.98. The first-order valence-electron chi connectivity index (χ1n) is 7.11. The molecule has 0 spiro atoms. The predicted octanol–water partition coefficient (Wildman–Crippen LogP) is 5.21. The summed E-state index contributed by atoms with van der Waals surface area (Å²) < 4.78 is 36.7. The van der Waals surface area contributed by atoms with Crippen molar-refractivity contribution in [3.63, 3.8) is 0 Å². The SMILES string of the molecule is C=CCOP1(=O)OCC=CCC1(CCF)Sc1ccccc1. The summed E-state index contributed by atoms with van der Waals surface area (Å²) in [7, 11) is -3.51. The minimum absolute atomic E-state index is 0.103. The third kappa shape index (κ3) is 3.90. The Bertz CT molecular complexity index is 564. The molecule has 2 rings (SSSR count). The fourth-order valence-electron chi connectivity index (χ4n) is 2.26. The number of thioether (sulfide) groups is 1. The molecular formula is C16H20FO3PS. The van der Waals surface area contributed by atoms with Crippen LogP contribution in [0.3, 0.4) is 0 Å². The van der Waals surface area contributed by atoms with Crippen LogP contribution in [-0.2, 0) is 13.6 Å². The molecule has 1 heterocycles. The smallest absolute Gasteiger partial charge is 0.303 e. The highest BCUT2D eigenvalue weighted by atomic mass is 32.2. The van der Waals surface area contributed by atoms with Gasteiger partial charge in [-0.1, -0.05) is 36.4 Å². The molecule has 0 aliphatic carbocycles. The fourth-order valence-corrected chi connectivity index (χ4v) is 6.24. The maximum atomic E-state index is 13.3. The lowest BCUT2D eigenvalue weighted by Gasteiger charge is -2.36. The van der Waals surface area contributed by atoms with Crippen LogP contribution < -0.4 is 0 Å². The monoisotopic (exact) mass is 342 g/mol. The first-order chi connectivity index (χ1) is 10.7. The van der Waals surface area contributed by atoms with E-state index < -0.39 is 18.8 Å². The van der Waals surface area contributed by atoms with Gasteiger partial charge in [0.1, 0.15) is 4.49 Å². The van der Waals surface area contributed by atoms with Crippen LogP contribution in [0.2, 0.25) is 0 Å². The van der Waals surface area contributed by atoms with E-state index in [1.165, 1.54) is 17.8 Å². The molecule has 0 amide bonds. The summed E-state index contributed by atoms with van der Waals surface area (Å²) in [5, 5.41) is 0. The molecule has 120 valence electrons. The molecule has 0 saturated heterocycles. The third-order valence-corrected chi connectivity index (χ3v) is 7.93. The van der Waals surface area contributed by atoms with Gasteiger partial charge in [-0.05, 0) is 18.6 Å². The van der Waals surface area contributed by atoms with Gasteiger partial charge in [0.15, 0.2) is 0 Å². The maximum absolute atomic E-state index is 13.3. The van der Waals surface area contributed by atoms with Gasteiger partial charge in [-0.2, -0.15) is 0 Å². The Labute approximate surface area is 135 Å². The molecule has 0 bridgehead atoms. The molecule has 2 atom stereocenters. The molecule has 2 unspecified atom stereocenters. The van der Waals surface area contributed by atoms with Gasteiger partial charge in [-0.15, -0.1) is 18.3 Å². The molecule has 0 saturated carbocycles. The molecular weight excluding hydrogens is 322 g/mol. The fraction of sp³-hybridized carbons (Fsp3) is 0.375. The van der Waals surface area contributed by atoms with Crippen LogP contribution in [0, 0.1) is 0 Å².